The summed E-state index contributed by atoms with van der Waals surface area (Å²) in [6.07, 6.45) is 5.71. The highest BCUT2D eigenvalue weighted by molar-refractivity contribution is 5.31. The quantitative estimate of drug-likeness (QED) is 0.841. The molecule has 2 atom stereocenters. The molecule has 0 radical (unpaired) electrons. The van der Waals surface area contributed by atoms with Crippen LogP contribution in [-0.4, -0.2) is 52.7 Å². The average molecular weight is 331 g/mol. The van der Waals surface area contributed by atoms with E-state index in [0.717, 1.165) is 30.9 Å². The van der Waals surface area contributed by atoms with Gasteiger partial charge in [-0.2, -0.15) is 5.10 Å². The molecule has 1 aromatic carbocycles. The Balaban J connectivity index is 1.51. The SMILES string of the molecule is COc1ccc(OC[C@@H](O)CN2CCC[C@@H]2c2cnn(C)c2)cc1. The fourth-order valence-electron chi connectivity index (χ4n) is 3.22. The van der Waals surface area contributed by atoms with Gasteiger partial charge in [-0.3, -0.25) is 9.58 Å². The van der Waals surface area contributed by atoms with Crippen LogP contribution < -0.4 is 9.47 Å². The molecule has 1 N–H and O–H groups in total. The minimum atomic E-state index is -0.524. The van der Waals surface area contributed by atoms with Gasteiger partial charge in [-0.25, -0.2) is 0 Å². The number of hydrogen-bond donors (Lipinski definition) is 1. The first kappa shape index (κ1) is 16.8. The van der Waals surface area contributed by atoms with E-state index in [2.05, 4.69) is 16.2 Å². The Hall–Kier alpha value is -2.05. The highest BCUT2D eigenvalue weighted by Crippen LogP contribution is 2.31. The van der Waals surface area contributed by atoms with Crippen LogP contribution in [0.15, 0.2) is 36.7 Å². The van der Waals surface area contributed by atoms with Gasteiger partial charge in [0.25, 0.3) is 0 Å². The number of methoxy groups -OCH3 is 1. The first-order valence-corrected chi connectivity index (χ1v) is 8.33. The molecular weight excluding hydrogens is 306 g/mol. The second kappa shape index (κ2) is 7.68. The van der Waals surface area contributed by atoms with Crippen LogP contribution in [0.1, 0.15) is 24.4 Å². The molecule has 1 aromatic heterocycles. The fourth-order valence-corrected chi connectivity index (χ4v) is 3.22. The van der Waals surface area contributed by atoms with E-state index in [1.54, 1.807) is 7.11 Å². The van der Waals surface area contributed by atoms with Crippen molar-refractivity contribution < 1.29 is 14.6 Å². The van der Waals surface area contributed by atoms with E-state index in [9.17, 15) is 5.11 Å². The van der Waals surface area contributed by atoms with Crippen molar-refractivity contribution in [3.63, 3.8) is 0 Å². The molecule has 0 aliphatic carbocycles. The largest absolute Gasteiger partial charge is 0.497 e. The number of rotatable bonds is 7. The summed E-state index contributed by atoms with van der Waals surface area (Å²) >= 11 is 0. The van der Waals surface area contributed by atoms with Gasteiger partial charge in [0.05, 0.1) is 13.3 Å². The van der Waals surface area contributed by atoms with Crippen molar-refractivity contribution >= 4 is 0 Å². The molecule has 130 valence electrons. The molecule has 0 unspecified atom stereocenters. The number of hydrogen-bond acceptors (Lipinski definition) is 5. The highest BCUT2D eigenvalue weighted by Gasteiger charge is 2.28. The molecule has 1 fully saturated rings. The molecule has 2 aromatic rings. The predicted octanol–water partition coefficient (Wildman–Crippen LogP) is 2.01. The number of aromatic nitrogens is 2. The van der Waals surface area contributed by atoms with Gasteiger partial charge >= 0.3 is 0 Å². The number of aryl methyl sites for hydroxylation is 1. The van der Waals surface area contributed by atoms with Crippen LogP contribution in [0.4, 0.5) is 0 Å². The van der Waals surface area contributed by atoms with E-state index in [1.165, 1.54) is 5.56 Å². The number of β-amino-alcohol motifs (C(OH)–C–C–N with tert-alkyl or cyclic N) is 1. The lowest BCUT2D eigenvalue weighted by molar-refractivity contribution is 0.0638. The van der Waals surface area contributed by atoms with Crippen LogP contribution in [0.25, 0.3) is 0 Å². The van der Waals surface area contributed by atoms with Crippen molar-refractivity contribution in [2.45, 2.75) is 25.0 Å². The molecule has 0 bridgehead atoms. The van der Waals surface area contributed by atoms with Crippen molar-refractivity contribution in [1.29, 1.82) is 0 Å². The van der Waals surface area contributed by atoms with Crippen LogP contribution in [-0.2, 0) is 7.05 Å². The van der Waals surface area contributed by atoms with Gasteiger partial charge in [0.2, 0.25) is 0 Å². The van der Waals surface area contributed by atoms with Crippen molar-refractivity contribution in [1.82, 2.24) is 14.7 Å². The number of benzene rings is 1. The van der Waals surface area contributed by atoms with Gasteiger partial charge in [0, 0.05) is 31.4 Å². The second-order valence-corrected chi connectivity index (χ2v) is 6.24. The Morgan fingerprint density at radius 1 is 1.29 bits per heavy atom. The summed E-state index contributed by atoms with van der Waals surface area (Å²) < 4.78 is 12.6. The molecule has 24 heavy (non-hydrogen) atoms. The van der Waals surface area contributed by atoms with Crippen LogP contribution in [0.5, 0.6) is 11.5 Å². The van der Waals surface area contributed by atoms with E-state index in [1.807, 2.05) is 42.2 Å². The van der Waals surface area contributed by atoms with Crippen molar-refractivity contribution in [3.05, 3.63) is 42.2 Å². The summed E-state index contributed by atoms with van der Waals surface area (Å²) in [4.78, 5) is 2.32. The maximum atomic E-state index is 10.3. The fraction of sp³-hybridized carbons (Fsp3) is 0.500. The van der Waals surface area contributed by atoms with Crippen molar-refractivity contribution in [2.24, 2.45) is 7.05 Å². The smallest absolute Gasteiger partial charge is 0.119 e. The Bertz CT molecular complexity index is 641. The van der Waals surface area contributed by atoms with E-state index >= 15 is 0 Å². The number of aliphatic hydroxyl groups excluding tert-OH is 1. The zero-order chi connectivity index (χ0) is 16.9. The van der Waals surface area contributed by atoms with E-state index in [0.29, 0.717) is 12.6 Å². The first-order chi connectivity index (χ1) is 11.7. The maximum absolute atomic E-state index is 10.3. The third kappa shape index (κ3) is 4.07. The molecule has 0 saturated carbocycles. The zero-order valence-corrected chi connectivity index (χ0v) is 14.3. The second-order valence-electron chi connectivity index (χ2n) is 6.24. The van der Waals surface area contributed by atoms with Crippen molar-refractivity contribution in [3.8, 4) is 11.5 Å². The summed E-state index contributed by atoms with van der Waals surface area (Å²) in [6.45, 7) is 1.89. The minimum absolute atomic E-state index is 0.280. The third-order valence-electron chi connectivity index (χ3n) is 4.42. The van der Waals surface area contributed by atoms with E-state index < -0.39 is 6.10 Å². The van der Waals surface area contributed by atoms with Gasteiger partial charge < -0.3 is 14.6 Å². The Morgan fingerprint density at radius 2 is 2.04 bits per heavy atom. The van der Waals surface area contributed by atoms with E-state index in [-0.39, 0.29) is 6.61 Å². The van der Waals surface area contributed by atoms with Gasteiger partial charge in [-0.1, -0.05) is 0 Å². The Kier molecular flexibility index (Phi) is 5.37. The number of nitrogens with zero attached hydrogens (tertiary/aromatic N) is 3. The van der Waals surface area contributed by atoms with Crippen LogP contribution in [0.3, 0.4) is 0 Å². The van der Waals surface area contributed by atoms with E-state index in [4.69, 9.17) is 9.47 Å². The summed E-state index contributed by atoms with van der Waals surface area (Å²) in [7, 11) is 3.56. The lowest BCUT2D eigenvalue weighted by Gasteiger charge is -2.26. The molecule has 0 amide bonds. The topological polar surface area (TPSA) is 59.8 Å². The molecule has 6 nitrogen and oxygen atoms in total. The molecule has 1 aliphatic heterocycles. The van der Waals surface area contributed by atoms with Gasteiger partial charge in [0.1, 0.15) is 24.2 Å². The van der Waals surface area contributed by atoms with Gasteiger partial charge in [-0.15, -0.1) is 0 Å². The molecule has 2 heterocycles. The molecule has 0 spiro atoms. The molecular formula is C18H25N3O3. The maximum Gasteiger partial charge on any atom is 0.119 e. The minimum Gasteiger partial charge on any atom is -0.497 e. The number of aliphatic hydroxyl groups is 1. The average Bonchev–Trinajstić information content (AvgIpc) is 3.22. The Labute approximate surface area is 142 Å². The summed E-state index contributed by atoms with van der Waals surface area (Å²) in [5.74, 6) is 1.53. The summed E-state index contributed by atoms with van der Waals surface area (Å²) in [5, 5.41) is 14.6. The molecule has 1 aliphatic rings. The third-order valence-corrected chi connectivity index (χ3v) is 4.42. The normalized spacial score (nSPS) is 19.4. The van der Waals surface area contributed by atoms with Crippen molar-refractivity contribution in [2.75, 3.05) is 26.8 Å². The number of ether oxygens (including phenoxy) is 2. The molecule has 1 saturated heterocycles. The monoisotopic (exact) mass is 331 g/mol. The number of likely N-dealkylation sites (tertiary alicyclic amines) is 1. The standard InChI is InChI=1S/C18H25N3O3/c1-20-11-14(10-19-20)18-4-3-9-21(18)12-15(22)13-24-17-7-5-16(23-2)6-8-17/h5-8,10-11,15,18,22H,3-4,9,12-13H2,1-2H3/t15-,18+/m0/s1. The van der Waals surface area contributed by atoms with Gasteiger partial charge in [0.15, 0.2) is 0 Å². The zero-order valence-electron chi connectivity index (χ0n) is 14.3. The van der Waals surface area contributed by atoms with Gasteiger partial charge in [-0.05, 0) is 43.7 Å². The molecule has 3 rings (SSSR count). The van der Waals surface area contributed by atoms with Crippen LogP contribution in [0.2, 0.25) is 0 Å². The van der Waals surface area contributed by atoms with Crippen LogP contribution in [0, 0.1) is 0 Å². The molecule has 6 heteroatoms. The Morgan fingerprint density at radius 3 is 2.71 bits per heavy atom. The first-order valence-electron chi connectivity index (χ1n) is 8.33. The lowest BCUT2D eigenvalue weighted by Crippen LogP contribution is -2.35. The lowest BCUT2D eigenvalue weighted by atomic mass is 10.1. The highest BCUT2D eigenvalue weighted by atomic mass is 16.5. The predicted molar refractivity (Wildman–Crippen MR) is 91.3 cm³/mol. The summed E-state index contributed by atoms with van der Waals surface area (Å²) in [6, 6.07) is 7.73. The summed E-state index contributed by atoms with van der Waals surface area (Å²) in [5.41, 5.74) is 1.22. The van der Waals surface area contributed by atoms with Crippen LogP contribution >= 0.6 is 0 Å².